The number of fused-ring (bicyclic) bond motifs is 1. The van der Waals surface area contributed by atoms with Gasteiger partial charge in [0.05, 0.1) is 13.2 Å². The lowest BCUT2D eigenvalue weighted by Gasteiger charge is -2.41. The summed E-state index contributed by atoms with van der Waals surface area (Å²) in [4.78, 5) is 30.2. The standard InChI is InChI=1S/C25H33N3O3/c1-25(2,28-14-16-31-17-15-28)18-26-23(29)20-10-12-27(13-11-20)24(30)22-9-5-7-19-6-3-4-8-21(19)22/h3-9,20H,10-18H2,1-2H3,(H,26,29). The van der Waals surface area contributed by atoms with Crippen molar-refractivity contribution in [1.29, 1.82) is 0 Å². The molecule has 2 amide bonds. The molecule has 31 heavy (non-hydrogen) atoms. The van der Waals surface area contributed by atoms with E-state index in [1.807, 2.05) is 47.4 Å². The van der Waals surface area contributed by atoms with E-state index in [2.05, 4.69) is 24.1 Å². The van der Waals surface area contributed by atoms with E-state index in [0.717, 1.165) is 42.6 Å². The second-order valence-corrected chi connectivity index (χ2v) is 9.22. The van der Waals surface area contributed by atoms with E-state index in [9.17, 15) is 9.59 Å². The number of ether oxygens (including phenoxy) is 1. The molecule has 2 aromatic rings. The van der Waals surface area contributed by atoms with E-state index >= 15 is 0 Å². The maximum absolute atomic E-state index is 13.1. The fraction of sp³-hybridized carbons (Fsp3) is 0.520. The molecule has 0 aliphatic carbocycles. The number of morpholine rings is 1. The van der Waals surface area contributed by atoms with Crippen LogP contribution >= 0.6 is 0 Å². The van der Waals surface area contributed by atoms with Gasteiger partial charge in [-0.3, -0.25) is 14.5 Å². The fourth-order valence-corrected chi connectivity index (χ4v) is 4.66. The van der Waals surface area contributed by atoms with Gasteiger partial charge in [0.2, 0.25) is 5.91 Å². The van der Waals surface area contributed by atoms with Gasteiger partial charge in [-0.15, -0.1) is 0 Å². The molecule has 2 fully saturated rings. The van der Waals surface area contributed by atoms with Gasteiger partial charge in [-0.05, 0) is 43.5 Å². The molecule has 2 aliphatic rings. The minimum Gasteiger partial charge on any atom is -0.379 e. The number of carbonyl (C=O) groups excluding carboxylic acids is 2. The van der Waals surface area contributed by atoms with Crippen LogP contribution in [0.1, 0.15) is 37.0 Å². The quantitative estimate of drug-likeness (QED) is 0.803. The molecule has 2 aliphatic heterocycles. The van der Waals surface area contributed by atoms with Crippen LogP contribution in [0.15, 0.2) is 42.5 Å². The highest BCUT2D eigenvalue weighted by Gasteiger charge is 2.32. The lowest BCUT2D eigenvalue weighted by atomic mass is 9.94. The highest BCUT2D eigenvalue weighted by atomic mass is 16.5. The number of benzene rings is 2. The molecule has 6 heteroatoms. The number of carbonyl (C=O) groups is 2. The lowest BCUT2D eigenvalue weighted by molar-refractivity contribution is -0.127. The number of rotatable bonds is 5. The van der Waals surface area contributed by atoms with Crippen molar-refractivity contribution in [3.63, 3.8) is 0 Å². The van der Waals surface area contributed by atoms with E-state index < -0.39 is 0 Å². The first-order valence-corrected chi connectivity index (χ1v) is 11.3. The predicted octanol–water partition coefficient (Wildman–Crippen LogP) is 2.92. The molecular weight excluding hydrogens is 390 g/mol. The minimum atomic E-state index is -0.0928. The summed E-state index contributed by atoms with van der Waals surface area (Å²) in [6, 6.07) is 13.8. The van der Waals surface area contributed by atoms with Gasteiger partial charge >= 0.3 is 0 Å². The summed E-state index contributed by atoms with van der Waals surface area (Å²) in [5, 5.41) is 5.23. The van der Waals surface area contributed by atoms with E-state index in [0.29, 0.717) is 32.5 Å². The predicted molar refractivity (Wildman–Crippen MR) is 122 cm³/mol. The lowest BCUT2D eigenvalue weighted by Crippen LogP contribution is -2.56. The second kappa shape index (κ2) is 9.37. The van der Waals surface area contributed by atoms with Crippen LogP contribution in [0.4, 0.5) is 0 Å². The number of hydrogen-bond donors (Lipinski definition) is 1. The van der Waals surface area contributed by atoms with Gasteiger partial charge in [-0.25, -0.2) is 0 Å². The number of nitrogens with one attached hydrogen (secondary N) is 1. The molecule has 0 atom stereocenters. The summed E-state index contributed by atoms with van der Waals surface area (Å²) in [6.45, 7) is 9.51. The van der Waals surface area contributed by atoms with Crippen LogP contribution in [0.25, 0.3) is 10.8 Å². The average molecular weight is 424 g/mol. The van der Waals surface area contributed by atoms with Gasteiger partial charge in [-0.2, -0.15) is 0 Å². The van der Waals surface area contributed by atoms with E-state index in [1.165, 1.54) is 0 Å². The molecule has 2 heterocycles. The molecule has 166 valence electrons. The SMILES string of the molecule is CC(C)(CNC(=O)C1CCN(C(=O)c2cccc3ccccc23)CC1)N1CCOCC1. The Morgan fingerprint density at radius 3 is 2.42 bits per heavy atom. The summed E-state index contributed by atoms with van der Waals surface area (Å²) < 4.78 is 5.44. The first-order chi connectivity index (χ1) is 15.0. The molecule has 2 aromatic carbocycles. The first kappa shape index (κ1) is 21.8. The third kappa shape index (κ3) is 4.91. The Kier molecular flexibility index (Phi) is 6.58. The Morgan fingerprint density at radius 1 is 1.00 bits per heavy atom. The van der Waals surface area contributed by atoms with Crippen molar-refractivity contribution < 1.29 is 14.3 Å². The Hall–Kier alpha value is -2.44. The zero-order chi connectivity index (χ0) is 21.8. The van der Waals surface area contributed by atoms with Gasteiger partial charge in [0.1, 0.15) is 0 Å². The second-order valence-electron chi connectivity index (χ2n) is 9.22. The van der Waals surface area contributed by atoms with Crippen LogP contribution in [-0.4, -0.2) is 73.1 Å². The van der Waals surface area contributed by atoms with Gasteiger partial charge in [0.15, 0.2) is 0 Å². The molecule has 0 bridgehead atoms. The van der Waals surface area contributed by atoms with Gasteiger partial charge in [0.25, 0.3) is 5.91 Å². The van der Waals surface area contributed by atoms with Crippen molar-refractivity contribution in [2.24, 2.45) is 5.92 Å². The zero-order valence-corrected chi connectivity index (χ0v) is 18.6. The molecular formula is C25H33N3O3. The molecule has 0 radical (unpaired) electrons. The normalized spacial score (nSPS) is 18.8. The third-order valence-electron chi connectivity index (χ3n) is 6.74. The van der Waals surface area contributed by atoms with Crippen molar-refractivity contribution in [2.75, 3.05) is 45.9 Å². The van der Waals surface area contributed by atoms with Gasteiger partial charge < -0.3 is 15.0 Å². The Bertz CT molecular complexity index is 923. The van der Waals surface area contributed by atoms with Crippen LogP contribution in [0, 0.1) is 5.92 Å². The maximum Gasteiger partial charge on any atom is 0.254 e. The molecule has 0 unspecified atom stereocenters. The Labute approximate surface area is 184 Å². The maximum atomic E-state index is 13.1. The number of hydrogen-bond acceptors (Lipinski definition) is 4. The van der Waals surface area contributed by atoms with E-state index in [1.54, 1.807) is 0 Å². The summed E-state index contributed by atoms with van der Waals surface area (Å²) in [5.41, 5.74) is 0.651. The Morgan fingerprint density at radius 2 is 1.68 bits per heavy atom. The van der Waals surface area contributed by atoms with Crippen LogP contribution in [0.2, 0.25) is 0 Å². The van der Waals surface area contributed by atoms with Gasteiger partial charge in [0, 0.05) is 49.7 Å². The first-order valence-electron chi connectivity index (χ1n) is 11.3. The number of piperidine rings is 1. The van der Waals surface area contributed by atoms with Crippen molar-refractivity contribution in [1.82, 2.24) is 15.1 Å². The summed E-state index contributed by atoms with van der Waals surface area (Å²) in [5.74, 6) is 0.139. The van der Waals surface area contributed by atoms with Crippen LogP contribution in [0.5, 0.6) is 0 Å². The number of amides is 2. The number of likely N-dealkylation sites (tertiary alicyclic amines) is 1. The van der Waals surface area contributed by atoms with E-state index in [4.69, 9.17) is 4.74 Å². The topological polar surface area (TPSA) is 61.9 Å². The van der Waals surface area contributed by atoms with Crippen LogP contribution in [-0.2, 0) is 9.53 Å². The summed E-state index contributed by atoms with van der Waals surface area (Å²) >= 11 is 0. The van der Waals surface area contributed by atoms with Crippen LogP contribution in [0.3, 0.4) is 0 Å². The van der Waals surface area contributed by atoms with Gasteiger partial charge in [-0.1, -0.05) is 36.4 Å². The molecule has 0 aromatic heterocycles. The summed E-state index contributed by atoms with van der Waals surface area (Å²) in [7, 11) is 0. The fourth-order valence-electron chi connectivity index (χ4n) is 4.66. The van der Waals surface area contributed by atoms with Crippen LogP contribution < -0.4 is 5.32 Å². The molecule has 0 saturated carbocycles. The van der Waals surface area contributed by atoms with Crippen molar-refractivity contribution in [3.05, 3.63) is 48.0 Å². The molecule has 0 spiro atoms. The zero-order valence-electron chi connectivity index (χ0n) is 18.6. The molecule has 2 saturated heterocycles. The van der Waals surface area contributed by atoms with Crippen molar-refractivity contribution in [2.45, 2.75) is 32.2 Å². The summed E-state index contributed by atoms with van der Waals surface area (Å²) in [6.07, 6.45) is 1.42. The van der Waals surface area contributed by atoms with Crippen molar-refractivity contribution in [3.8, 4) is 0 Å². The molecule has 4 rings (SSSR count). The Balaban J connectivity index is 1.31. The monoisotopic (exact) mass is 423 g/mol. The largest absolute Gasteiger partial charge is 0.379 e. The minimum absolute atomic E-state index is 0.0305. The molecule has 6 nitrogen and oxygen atoms in total. The molecule has 1 N–H and O–H groups in total. The number of nitrogens with zero attached hydrogens (tertiary/aromatic N) is 2. The third-order valence-corrected chi connectivity index (χ3v) is 6.74. The highest BCUT2D eigenvalue weighted by molar-refractivity contribution is 6.07. The smallest absolute Gasteiger partial charge is 0.254 e. The van der Waals surface area contributed by atoms with E-state index in [-0.39, 0.29) is 23.3 Å². The highest BCUT2D eigenvalue weighted by Crippen LogP contribution is 2.24. The average Bonchev–Trinajstić information content (AvgIpc) is 2.82. The van der Waals surface area contributed by atoms with Crippen molar-refractivity contribution >= 4 is 22.6 Å².